The van der Waals surface area contributed by atoms with Crippen molar-refractivity contribution in [3.63, 3.8) is 0 Å². The van der Waals surface area contributed by atoms with Crippen LogP contribution < -0.4 is 10.6 Å². The van der Waals surface area contributed by atoms with Crippen molar-refractivity contribution < 1.29 is 4.52 Å². The van der Waals surface area contributed by atoms with Crippen LogP contribution in [0.15, 0.2) is 64.2 Å². The van der Waals surface area contributed by atoms with Gasteiger partial charge < -0.3 is 20.1 Å². The SMILES string of the molecule is CCNC(=NCCc1nc(-c2cccc(Cl)c2)no1)NCCc1c[nH]c2ccccc12. The van der Waals surface area contributed by atoms with Gasteiger partial charge in [0.25, 0.3) is 0 Å². The summed E-state index contributed by atoms with van der Waals surface area (Å²) in [5.74, 6) is 1.86. The molecule has 0 bridgehead atoms. The number of aliphatic imine (C=N–C) groups is 1. The van der Waals surface area contributed by atoms with Gasteiger partial charge in [0.2, 0.25) is 11.7 Å². The van der Waals surface area contributed by atoms with Gasteiger partial charge in [-0.2, -0.15) is 4.98 Å². The van der Waals surface area contributed by atoms with Crippen molar-refractivity contribution in [2.24, 2.45) is 4.99 Å². The molecule has 4 aromatic rings. The van der Waals surface area contributed by atoms with Crippen molar-refractivity contribution in [3.8, 4) is 11.4 Å². The van der Waals surface area contributed by atoms with Gasteiger partial charge in [-0.15, -0.1) is 0 Å². The zero-order valence-electron chi connectivity index (χ0n) is 17.4. The second kappa shape index (κ2) is 10.1. The number of H-pyrrole nitrogens is 1. The number of fused-ring (bicyclic) bond motifs is 1. The maximum Gasteiger partial charge on any atom is 0.228 e. The molecule has 0 fully saturated rings. The molecule has 0 amide bonds. The van der Waals surface area contributed by atoms with Crippen LogP contribution in [0.4, 0.5) is 0 Å². The van der Waals surface area contributed by atoms with Gasteiger partial charge >= 0.3 is 0 Å². The van der Waals surface area contributed by atoms with Gasteiger partial charge in [-0.25, -0.2) is 0 Å². The lowest BCUT2D eigenvalue weighted by Gasteiger charge is -2.10. The highest BCUT2D eigenvalue weighted by atomic mass is 35.5. The summed E-state index contributed by atoms with van der Waals surface area (Å²) in [7, 11) is 0. The molecular formula is C23H25ClN6O. The Kier molecular flexibility index (Phi) is 6.84. The number of nitrogens with zero attached hydrogens (tertiary/aromatic N) is 3. The first-order valence-electron chi connectivity index (χ1n) is 10.4. The van der Waals surface area contributed by atoms with E-state index < -0.39 is 0 Å². The Labute approximate surface area is 185 Å². The largest absolute Gasteiger partial charge is 0.361 e. The van der Waals surface area contributed by atoms with Crippen LogP contribution in [-0.4, -0.2) is 40.7 Å². The molecule has 3 N–H and O–H groups in total. The highest BCUT2D eigenvalue weighted by Crippen LogP contribution is 2.20. The Morgan fingerprint density at radius 2 is 2.03 bits per heavy atom. The van der Waals surface area contributed by atoms with E-state index in [4.69, 9.17) is 16.1 Å². The number of hydrogen-bond acceptors (Lipinski definition) is 4. The summed E-state index contributed by atoms with van der Waals surface area (Å²) in [6.07, 6.45) is 3.54. The van der Waals surface area contributed by atoms with Crippen LogP contribution in [-0.2, 0) is 12.8 Å². The van der Waals surface area contributed by atoms with Crippen LogP contribution >= 0.6 is 11.6 Å². The molecule has 0 radical (unpaired) electrons. The smallest absolute Gasteiger partial charge is 0.228 e. The van der Waals surface area contributed by atoms with Gasteiger partial charge in [0, 0.05) is 47.2 Å². The molecule has 2 heterocycles. The molecule has 7 nitrogen and oxygen atoms in total. The standard InChI is InChI=1S/C23H25ClN6O/c1-2-25-23(26-12-10-17-15-28-20-9-4-3-8-19(17)20)27-13-11-21-29-22(30-31-21)16-6-5-7-18(24)14-16/h3-9,14-15,28H,2,10-13H2,1H3,(H2,25,26,27). The maximum atomic E-state index is 6.03. The summed E-state index contributed by atoms with van der Waals surface area (Å²) < 4.78 is 5.35. The number of aromatic nitrogens is 3. The van der Waals surface area contributed by atoms with Gasteiger partial charge in [-0.3, -0.25) is 4.99 Å². The van der Waals surface area contributed by atoms with Crippen LogP contribution in [0.25, 0.3) is 22.3 Å². The second-order valence-electron chi connectivity index (χ2n) is 7.07. The lowest BCUT2D eigenvalue weighted by Crippen LogP contribution is -2.38. The summed E-state index contributed by atoms with van der Waals surface area (Å²) in [6.45, 7) is 4.16. The Bertz CT molecular complexity index is 1170. The Morgan fingerprint density at radius 3 is 2.90 bits per heavy atom. The van der Waals surface area contributed by atoms with Gasteiger partial charge in [-0.1, -0.05) is 47.1 Å². The molecule has 0 aliphatic carbocycles. The predicted octanol–water partition coefficient (Wildman–Crippen LogP) is 4.21. The average Bonchev–Trinajstić information content (AvgIpc) is 3.41. The lowest BCUT2D eigenvalue weighted by atomic mass is 10.1. The summed E-state index contributed by atoms with van der Waals surface area (Å²) in [6, 6.07) is 15.7. The normalized spacial score (nSPS) is 11.7. The molecule has 8 heteroatoms. The summed E-state index contributed by atoms with van der Waals surface area (Å²) >= 11 is 6.03. The molecular weight excluding hydrogens is 412 g/mol. The summed E-state index contributed by atoms with van der Waals surface area (Å²) in [4.78, 5) is 12.4. The Hall–Kier alpha value is -3.32. The average molecular weight is 437 g/mol. The second-order valence-corrected chi connectivity index (χ2v) is 7.51. The molecule has 0 spiro atoms. The number of hydrogen-bond donors (Lipinski definition) is 3. The van der Waals surface area contributed by atoms with Crippen molar-refractivity contribution >= 4 is 28.5 Å². The maximum absolute atomic E-state index is 6.03. The number of para-hydroxylation sites is 1. The van der Waals surface area contributed by atoms with Crippen molar-refractivity contribution in [2.75, 3.05) is 19.6 Å². The fraction of sp³-hybridized carbons (Fsp3) is 0.261. The molecule has 2 aromatic heterocycles. The van der Waals surface area contributed by atoms with E-state index in [1.807, 2.05) is 37.3 Å². The van der Waals surface area contributed by atoms with Crippen LogP contribution in [0.3, 0.4) is 0 Å². The van der Waals surface area contributed by atoms with E-state index in [1.54, 1.807) is 0 Å². The predicted molar refractivity (Wildman–Crippen MR) is 124 cm³/mol. The molecule has 4 rings (SSSR count). The van der Waals surface area contributed by atoms with Crippen molar-refractivity contribution in [1.82, 2.24) is 25.8 Å². The van der Waals surface area contributed by atoms with E-state index in [2.05, 4.69) is 55.1 Å². The van der Waals surface area contributed by atoms with E-state index in [1.165, 1.54) is 10.9 Å². The zero-order chi connectivity index (χ0) is 21.5. The van der Waals surface area contributed by atoms with E-state index >= 15 is 0 Å². The molecule has 0 atom stereocenters. The summed E-state index contributed by atoms with van der Waals surface area (Å²) in [5, 5.41) is 12.6. The molecule has 0 unspecified atom stereocenters. The minimum atomic E-state index is 0.533. The van der Waals surface area contributed by atoms with Crippen LogP contribution in [0.1, 0.15) is 18.4 Å². The Morgan fingerprint density at radius 1 is 1.13 bits per heavy atom. The molecule has 2 aromatic carbocycles. The van der Waals surface area contributed by atoms with Gasteiger partial charge in [0.05, 0.1) is 6.54 Å². The first kappa shape index (κ1) is 20.9. The van der Waals surface area contributed by atoms with Crippen LogP contribution in [0, 0.1) is 0 Å². The van der Waals surface area contributed by atoms with Gasteiger partial charge in [0.15, 0.2) is 5.96 Å². The number of guanidine groups is 1. The van der Waals surface area contributed by atoms with Gasteiger partial charge in [0.1, 0.15) is 0 Å². The van der Waals surface area contributed by atoms with Crippen molar-refractivity contribution in [3.05, 3.63) is 71.2 Å². The first-order chi connectivity index (χ1) is 15.2. The van der Waals surface area contributed by atoms with E-state index in [9.17, 15) is 0 Å². The lowest BCUT2D eigenvalue weighted by molar-refractivity contribution is 0.380. The third-order valence-electron chi connectivity index (χ3n) is 4.85. The Balaban J connectivity index is 1.31. The van der Waals surface area contributed by atoms with E-state index in [-0.39, 0.29) is 0 Å². The van der Waals surface area contributed by atoms with Crippen molar-refractivity contribution in [1.29, 1.82) is 0 Å². The van der Waals surface area contributed by atoms with Crippen molar-refractivity contribution in [2.45, 2.75) is 19.8 Å². The highest BCUT2D eigenvalue weighted by Gasteiger charge is 2.09. The van der Waals surface area contributed by atoms with E-state index in [0.29, 0.717) is 29.7 Å². The number of nitrogens with one attached hydrogen (secondary N) is 3. The number of halogens is 1. The number of rotatable bonds is 8. The van der Waals surface area contributed by atoms with Gasteiger partial charge in [-0.05, 0) is 37.1 Å². The topological polar surface area (TPSA) is 91.1 Å². The molecule has 0 saturated carbocycles. The fourth-order valence-electron chi connectivity index (χ4n) is 3.36. The zero-order valence-corrected chi connectivity index (χ0v) is 18.1. The summed E-state index contributed by atoms with van der Waals surface area (Å²) in [5.41, 5.74) is 3.28. The quantitative estimate of drug-likeness (QED) is 0.284. The van der Waals surface area contributed by atoms with Crippen LogP contribution in [0.2, 0.25) is 5.02 Å². The molecule has 160 valence electrons. The van der Waals surface area contributed by atoms with E-state index in [0.717, 1.165) is 36.6 Å². The minimum absolute atomic E-state index is 0.533. The molecule has 0 aliphatic rings. The first-order valence-corrected chi connectivity index (χ1v) is 10.8. The minimum Gasteiger partial charge on any atom is -0.361 e. The molecule has 0 saturated heterocycles. The molecule has 0 aliphatic heterocycles. The van der Waals surface area contributed by atoms with Crippen LogP contribution in [0.5, 0.6) is 0 Å². The monoisotopic (exact) mass is 436 g/mol. The number of aromatic amines is 1. The number of benzene rings is 2. The third kappa shape index (κ3) is 5.44. The fourth-order valence-corrected chi connectivity index (χ4v) is 3.55. The third-order valence-corrected chi connectivity index (χ3v) is 5.09. The highest BCUT2D eigenvalue weighted by molar-refractivity contribution is 6.30. The molecule has 31 heavy (non-hydrogen) atoms.